The summed E-state index contributed by atoms with van der Waals surface area (Å²) in [6, 6.07) is 5.50. The van der Waals surface area contributed by atoms with Crippen LogP contribution < -0.4 is 15.8 Å². The van der Waals surface area contributed by atoms with E-state index in [2.05, 4.69) is 10.1 Å². The fourth-order valence-corrected chi connectivity index (χ4v) is 2.46. The van der Waals surface area contributed by atoms with Crippen LogP contribution in [0.4, 0.5) is 13.2 Å². The van der Waals surface area contributed by atoms with E-state index in [4.69, 9.17) is 10.5 Å². The van der Waals surface area contributed by atoms with Gasteiger partial charge in [-0.3, -0.25) is 4.79 Å². The molecule has 0 aromatic heterocycles. The fourth-order valence-electron chi connectivity index (χ4n) is 2.46. The number of nitrogens with two attached hydrogens (primary N) is 1. The third kappa shape index (κ3) is 6.01. The van der Waals surface area contributed by atoms with Gasteiger partial charge in [-0.25, -0.2) is 0 Å². The lowest BCUT2D eigenvalue weighted by Crippen LogP contribution is -2.46. The first kappa shape index (κ1) is 18.5. The molecule has 1 aromatic carbocycles. The van der Waals surface area contributed by atoms with Crippen molar-refractivity contribution in [2.24, 2.45) is 11.7 Å². The summed E-state index contributed by atoms with van der Waals surface area (Å²) in [7, 11) is 0. The summed E-state index contributed by atoms with van der Waals surface area (Å²) in [5, 5.41) is 2.75. The van der Waals surface area contributed by atoms with E-state index in [0.717, 1.165) is 18.4 Å². The number of hydrogen-bond donors (Lipinski definition) is 2. The Morgan fingerprint density at radius 2 is 1.92 bits per heavy atom. The molecule has 1 aliphatic heterocycles. The van der Waals surface area contributed by atoms with Crippen LogP contribution in [0, 0.1) is 5.92 Å². The Balaban J connectivity index is 1.78. The van der Waals surface area contributed by atoms with Gasteiger partial charge in [-0.05, 0) is 36.5 Å². The van der Waals surface area contributed by atoms with E-state index in [-0.39, 0.29) is 24.1 Å². The van der Waals surface area contributed by atoms with Gasteiger partial charge >= 0.3 is 6.18 Å². The van der Waals surface area contributed by atoms with Gasteiger partial charge in [-0.15, -0.1) is 0 Å². The van der Waals surface area contributed by atoms with E-state index in [9.17, 15) is 18.0 Å². The number of benzene rings is 1. The van der Waals surface area contributed by atoms with E-state index in [1.807, 2.05) is 0 Å². The van der Waals surface area contributed by atoms with E-state index in [1.165, 1.54) is 12.1 Å². The summed E-state index contributed by atoms with van der Waals surface area (Å²) in [6.45, 7) is 0.161. The molecule has 1 amide bonds. The third-order valence-electron chi connectivity index (χ3n) is 3.87. The number of rotatable bonds is 6. The largest absolute Gasteiger partial charge is 0.484 e. The molecule has 134 valence electrons. The summed E-state index contributed by atoms with van der Waals surface area (Å²) in [6.07, 6.45) is -2.84. The Kier molecular flexibility index (Phi) is 6.44. The standard InChI is InChI=1S/C16H21F3N2O3/c17-16(18,19)10-24-13-3-1-11(2-4-13)9-21-15(22)14(20)12-5-7-23-8-6-12/h1-4,12,14H,5-10,20H2,(H,21,22). The molecule has 0 radical (unpaired) electrons. The van der Waals surface area contributed by atoms with Crippen molar-refractivity contribution in [2.75, 3.05) is 19.8 Å². The van der Waals surface area contributed by atoms with Crippen LogP contribution in [-0.4, -0.2) is 37.9 Å². The zero-order valence-corrected chi connectivity index (χ0v) is 13.1. The van der Waals surface area contributed by atoms with Crippen molar-refractivity contribution < 1.29 is 27.4 Å². The second-order valence-electron chi connectivity index (χ2n) is 5.74. The normalized spacial score (nSPS) is 17.3. The van der Waals surface area contributed by atoms with E-state index >= 15 is 0 Å². The molecular weight excluding hydrogens is 325 g/mol. The summed E-state index contributed by atoms with van der Waals surface area (Å²) in [4.78, 5) is 12.1. The van der Waals surface area contributed by atoms with Crippen LogP contribution in [-0.2, 0) is 16.1 Å². The number of halogens is 3. The molecule has 1 fully saturated rings. The highest BCUT2D eigenvalue weighted by Gasteiger charge is 2.28. The van der Waals surface area contributed by atoms with Gasteiger partial charge in [0.25, 0.3) is 0 Å². The highest BCUT2D eigenvalue weighted by Crippen LogP contribution is 2.19. The van der Waals surface area contributed by atoms with Gasteiger partial charge < -0.3 is 20.5 Å². The zero-order chi connectivity index (χ0) is 17.6. The smallest absolute Gasteiger partial charge is 0.422 e. The van der Waals surface area contributed by atoms with Crippen LogP contribution in [0.5, 0.6) is 5.75 Å². The fraction of sp³-hybridized carbons (Fsp3) is 0.562. The van der Waals surface area contributed by atoms with Crippen LogP contribution in [0.1, 0.15) is 18.4 Å². The molecule has 1 unspecified atom stereocenters. The second kappa shape index (κ2) is 8.34. The van der Waals surface area contributed by atoms with Gasteiger partial charge in [0.05, 0.1) is 6.04 Å². The molecule has 1 atom stereocenters. The predicted octanol–water partition coefficient (Wildman–Crippen LogP) is 2.00. The van der Waals surface area contributed by atoms with Gasteiger partial charge in [0.1, 0.15) is 5.75 Å². The molecule has 1 aliphatic rings. The average Bonchev–Trinajstić information content (AvgIpc) is 2.58. The molecule has 0 saturated carbocycles. The van der Waals surface area contributed by atoms with Gasteiger partial charge in [-0.2, -0.15) is 13.2 Å². The molecule has 1 saturated heterocycles. The Bertz CT molecular complexity index is 528. The number of hydrogen-bond acceptors (Lipinski definition) is 4. The van der Waals surface area contributed by atoms with Crippen molar-refractivity contribution in [2.45, 2.75) is 31.6 Å². The molecule has 0 aliphatic carbocycles. The number of carbonyl (C=O) groups excluding carboxylic acids is 1. The second-order valence-corrected chi connectivity index (χ2v) is 5.74. The topological polar surface area (TPSA) is 73.6 Å². The van der Waals surface area contributed by atoms with E-state index in [1.54, 1.807) is 12.1 Å². The molecule has 5 nitrogen and oxygen atoms in total. The maximum absolute atomic E-state index is 12.1. The van der Waals surface area contributed by atoms with Crippen LogP contribution >= 0.6 is 0 Å². The van der Waals surface area contributed by atoms with Gasteiger partial charge in [0.2, 0.25) is 5.91 Å². The highest BCUT2D eigenvalue weighted by atomic mass is 19.4. The van der Waals surface area contributed by atoms with Crippen LogP contribution in [0.15, 0.2) is 24.3 Å². The van der Waals surface area contributed by atoms with Crippen molar-refractivity contribution in [3.63, 3.8) is 0 Å². The zero-order valence-electron chi connectivity index (χ0n) is 13.1. The Labute approximate surface area is 138 Å². The quantitative estimate of drug-likeness (QED) is 0.826. The number of carbonyl (C=O) groups is 1. The van der Waals surface area contributed by atoms with Crippen molar-refractivity contribution in [3.8, 4) is 5.75 Å². The minimum absolute atomic E-state index is 0.108. The van der Waals surface area contributed by atoms with Crippen molar-refractivity contribution in [1.29, 1.82) is 0 Å². The first-order chi connectivity index (χ1) is 11.3. The monoisotopic (exact) mass is 346 g/mol. The van der Waals surface area contributed by atoms with Crippen molar-refractivity contribution in [1.82, 2.24) is 5.32 Å². The third-order valence-corrected chi connectivity index (χ3v) is 3.87. The van der Waals surface area contributed by atoms with Gasteiger partial charge in [0.15, 0.2) is 6.61 Å². The summed E-state index contributed by atoms with van der Waals surface area (Å²) >= 11 is 0. The number of ether oxygens (including phenoxy) is 2. The predicted molar refractivity (Wildman–Crippen MR) is 81.4 cm³/mol. The number of alkyl halides is 3. The van der Waals surface area contributed by atoms with Crippen molar-refractivity contribution >= 4 is 5.91 Å². The molecule has 3 N–H and O–H groups in total. The molecule has 0 bridgehead atoms. The molecule has 8 heteroatoms. The molecule has 1 aromatic rings. The maximum Gasteiger partial charge on any atom is 0.422 e. The first-order valence-corrected chi connectivity index (χ1v) is 7.75. The lowest BCUT2D eigenvalue weighted by molar-refractivity contribution is -0.153. The van der Waals surface area contributed by atoms with Crippen LogP contribution in [0.2, 0.25) is 0 Å². The lowest BCUT2D eigenvalue weighted by atomic mass is 9.92. The van der Waals surface area contributed by atoms with Gasteiger partial charge in [0, 0.05) is 19.8 Å². The SMILES string of the molecule is NC(C(=O)NCc1ccc(OCC(F)(F)F)cc1)C1CCOCC1. The minimum atomic E-state index is -4.37. The minimum Gasteiger partial charge on any atom is -0.484 e. The molecule has 0 spiro atoms. The lowest BCUT2D eigenvalue weighted by Gasteiger charge is -2.26. The molecular formula is C16H21F3N2O3. The number of nitrogens with one attached hydrogen (secondary N) is 1. The van der Waals surface area contributed by atoms with Crippen LogP contribution in [0.3, 0.4) is 0 Å². The average molecular weight is 346 g/mol. The Morgan fingerprint density at radius 1 is 1.29 bits per heavy atom. The van der Waals surface area contributed by atoms with E-state index in [0.29, 0.717) is 13.2 Å². The Morgan fingerprint density at radius 3 is 2.50 bits per heavy atom. The summed E-state index contributed by atoms with van der Waals surface area (Å²) in [5.74, 6) is -0.00231. The van der Waals surface area contributed by atoms with Gasteiger partial charge in [-0.1, -0.05) is 12.1 Å². The Hall–Kier alpha value is -1.80. The summed E-state index contributed by atoms with van der Waals surface area (Å²) < 4.78 is 46.1. The highest BCUT2D eigenvalue weighted by molar-refractivity contribution is 5.81. The molecule has 1 heterocycles. The van der Waals surface area contributed by atoms with Crippen LogP contribution in [0.25, 0.3) is 0 Å². The first-order valence-electron chi connectivity index (χ1n) is 7.75. The van der Waals surface area contributed by atoms with E-state index < -0.39 is 18.8 Å². The maximum atomic E-state index is 12.1. The molecule has 2 rings (SSSR count). The van der Waals surface area contributed by atoms with Crippen molar-refractivity contribution in [3.05, 3.63) is 29.8 Å². The molecule has 24 heavy (non-hydrogen) atoms. The number of amides is 1. The summed E-state index contributed by atoms with van der Waals surface area (Å²) in [5.41, 5.74) is 6.72.